The van der Waals surface area contributed by atoms with Crippen molar-refractivity contribution in [3.05, 3.63) is 34.9 Å². The molecule has 2 nitrogen and oxygen atoms in total. The third-order valence-corrected chi connectivity index (χ3v) is 4.88. The lowest BCUT2D eigenvalue weighted by Gasteiger charge is -2.38. The van der Waals surface area contributed by atoms with Gasteiger partial charge in [0.05, 0.1) is 0 Å². The summed E-state index contributed by atoms with van der Waals surface area (Å²) in [6.45, 7) is 13.8. The maximum absolute atomic E-state index is 3.69. The first-order valence-electron chi connectivity index (χ1n) is 8.55. The molecule has 2 heteroatoms. The number of nitrogens with zero attached hydrogens (tertiary/aromatic N) is 1. The van der Waals surface area contributed by atoms with Crippen LogP contribution in [0.1, 0.15) is 62.8 Å². The zero-order valence-corrected chi connectivity index (χ0v) is 14.4. The number of rotatable bonds is 5. The minimum Gasteiger partial charge on any atom is -0.313 e. The van der Waals surface area contributed by atoms with Gasteiger partial charge in [-0.2, -0.15) is 0 Å². The highest BCUT2D eigenvalue weighted by Gasteiger charge is 2.24. The summed E-state index contributed by atoms with van der Waals surface area (Å²) in [7, 11) is 0. The predicted octanol–water partition coefficient (Wildman–Crippen LogP) is 4.22. The van der Waals surface area contributed by atoms with Gasteiger partial charge in [-0.25, -0.2) is 0 Å². The summed E-state index contributed by atoms with van der Waals surface area (Å²) in [4.78, 5) is 2.65. The lowest BCUT2D eigenvalue weighted by molar-refractivity contribution is 0.137. The molecule has 1 aliphatic rings. The second kappa shape index (κ2) is 7.42. The van der Waals surface area contributed by atoms with E-state index in [1.165, 1.54) is 42.5 Å². The molecule has 1 aromatic carbocycles. The molecular weight excluding hydrogens is 256 g/mol. The van der Waals surface area contributed by atoms with E-state index in [1.807, 2.05) is 0 Å². The summed E-state index contributed by atoms with van der Waals surface area (Å²) in [6.07, 6.45) is 4.04. The molecule has 0 bridgehead atoms. The van der Waals surface area contributed by atoms with Gasteiger partial charge < -0.3 is 5.32 Å². The number of benzene rings is 1. The van der Waals surface area contributed by atoms with Gasteiger partial charge in [0.15, 0.2) is 0 Å². The highest BCUT2D eigenvalue weighted by atomic mass is 15.2. The zero-order valence-electron chi connectivity index (χ0n) is 14.4. The molecule has 0 aromatic heterocycles. The molecule has 0 aliphatic carbocycles. The normalized spacial score (nSPS) is 21.0. The SMILES string of the molecule is Cc1ccc(C(C)N(CC2CCCCN2)C(C)C)c(C)c1. The van der Waals surface area contributed by atoms with Crippen molar-refractivity contribution in [3.8, 4) is 0 Å². The van der Waals surface area contributed by atoms with E-state index < -0.39 is 0 Å². The molecular formula is C19H32N2. The van der Waals surface area contributed by atoms with Crippen molar-refractivity contribution in [2.75, 3.05) is 13.1 Å². The van der Waals surface area contributed by atoms with E-state index in [0.717, 1.165) is 6.54 Å². The first kappa shape index (κ1) is 16.5. The third-order valence-electron chi connectivity index (χ3n) is 4.88. The van der Waals surface area contributed by atoms with Crippen LogP contribution in [-0.2, 0) is 0 Å². The fourth-order valence-corrected chi connectivity index (χ4v) is 3.62. The maximum Gasteiger partial charge on any atom is 0.0325 e. The zero-order chi connectivity index (χ0) is 15.4. The third kappa shape index (κ3) is 4.31. The van der Waals surface area contributed by atoms with Crippen LogP contribution in [0.25, 0.3) is 0 Å². The molecule has 118 valence electrons. The van der Waals surface area contributed by atoms with Crippen LogP contribution in [-0.4, -0.2) is 30.1 Å². The van der Waals surface area contributed by atoms with Gasteiger partial charge in [-0.15, -0.1) is 0 Å². The Morgan fingerprint density at radius 1 is 1.19 bits per heavy atom. The summed E-state index contributed by atoms with van der Waals surface area (Å²) < 4.78 is 0. The summed E-state index contributed by atoms with van der Waals surface area (Å²) in [5.74, 6) is 0. The average Bonchev–Trinajstić information content (AvgIpc) is 2.45. The Balaban J connectivity index is 2.12. The van der Waals surface area contributed by atoms with E-state index in [9.17, 15) is 0 Å². The van der Waals surface area contributed by atoms with Crippen LogP contribution in [0.3, 0.4) is 0 Å². The van der Waals surface area contributed by atoms with E-state index in [2.05, 4.69) is 63.0 Å². The standard InChI is InChI=1S/C19H32N2/c1-14(2)21(13-18-8-6-7-11-20-18)17(5)19-10-9-15(3)12-16(19)4/h9-10,12,14,17-18,20H,6-8,11,13H2,1-5H3. The van der Waals surface area contributed by atoms with Gasteiger partial charge in [0.1, 0.15) is 0 Å². The van der Waals surface area contributed by atoms with E-state index in [1.54, 1.807) is 0 Å². The quantitative estimate of drug-likeness (QED) is 0.873. The molecule has 21 heavy (non-hydrogen) atoms. The molecule has 1 fully saturated rings. The summed E-state index contributed by atoms with van der Waals surface area (Å²) in [5.41, 5.74) is 4.25. The fraction of sp³-hybridized carbons (Fsp3) is 0.684. The Morgan fingerprint density at radius 3 is 2.52 bits per heavy atom. The topological polar surface area (TPSA) is 15.3 Å². The van der Waals surface area contributed by atoms with Gasteiger partial charge in [-0.05, 0) is 65.1 Å². The lowest BCUT2D eigenvalue weighted by atomic mass is 9.96. The van der Waals surface area contributed by atoms with Crippen LogP contribution in [0.5, 0.6) is 0 Å². The second-order valence-electron chi connectivity index (χ2n) is 6.97. The number of aryl methyl sites for hydroxylation is 2. The van der Waals surface area contributed by atoms with Crippen LogP contribution >= 0.6 is 0 Å². The number of hydrogen-bond acceptors (Lipinski definition) is 2. The van der Waals surface area contributed by atoms with Crippen molar-refractivity contribution in [2.45, 2.75) is 72.0 Å². The maximum atomic E-state index is 3.69. The highest BCUT2D eigenvalue weighted by Crippen LogP contribution is 2.27. The van der Waals surface area contributed by atoms with Crippen molar-refractivity contribution in [2.24, 2.45) is 0 Å². The predicted molar refractivity (Wildman–Crippen MR) is 91.8 cm³/mol. The number of nitrogens with one attached hydrogen (secondary N) is 1. The van der Waals surface area contributed by atoms with Crippen LogP contribution in [0, 0.1) is 13.8 Å². The number of piperidine rings is 1. The summed E-state index contributed by atoms with van der Waals surface area (Å²) >= 11 is 0. The first-order chi connectivity index (χ1) is 9.99. The van der Waals surface area contributed by atoms with Crippen LogP contribution in [0.4, 0.5) is 0 Å². The van der Waals surface area contributed by atoms with Gasteiger partial charge in [0, 0.05) is 24.7 Å². The molecule has 0 radical (unpaired) electrons. The first-order valence-corrected chi connectivity index (χ1v) is 8.55. The van der Waals surface area contributed by atoms with Crippen LogP contribution < -0.4 is 5.32 Å². The molecule has 1 heterocycles. The second-order valence-corrected chi connectivity index (χ2v) is 6.97. The molecule has 1 aromatic rings. The Hall–Kier alpha value is -0.860. The van der Waals surface area contributed by atoms with Gasteiger partial charge in [0.25, 0.3) is 0 Å². The van der Waals surface area contributed by atoms with E-state index in [0.29, 0.717) is 18.1 Å². The molecule has 1 saturated heterocycles. The smallest absolute Gasteiger partial charge is 0.0325 e. The molecule has 0 saturated carbocycles. The van der Waals surface area contributed by atoms with E-state index >= 15 is 0 Å². The molecule has 0 amide bonds. The fourth-order valence-electron chi connectivity index (χ4n) is 3.62. The van der Waals surface area contributed by atoms with Crippen molar-refractivity contribution < 1.29 is 0 Å². The van der Waals surface area contributed by atoms with E-state index in [4.69, 9.17) is 0 Å². The largest absolute Gasteiger partial charge is 0.313 e. The molecule has 2 atom stereocenters. The summed E-state index contributed by atoms with van der Waals surface area (Å²) in [5, 5.41) is 3.69. The van der Waals surface area contributed by atoms with Crippen molar-refractivity contribution in [1.82, 2.24) is 10.2 Å². The van der Waals surface area contributed by atoms with Gasteiger partial charge in [0.2, 0.25) is 0 Å². The summed E-state index contributed by atoms with van der Waals surface area (Å²) in [6, 6.07) is 8.59. The van der Waals surface area contributed by atoms with Crippen molar-refractivity contribution in [1.29, 1.82) is 0 Å². The highest BCUT2D eigenvalue weighted by molar-refractivity contribution is 5.32. The number of hydrogen-bond donors (Lipinski definition) is 1. The van der Waals surface area contributed by atoms with E-state index in [-0.39, 0.29) is 0 Å². The lowest BCUT2D eigenvalue weighted by Crippen LogP contribution is -2.46. The Kier molecular flexibility index (Phi) is 5.83. The van der Waals surface area contributed by atoms with Gasteiger partial charge >= 0.3 is 0 Å². The molecule has 2 unspecified atom stereocenters. The monoisotopic (exact) mass is 288 g/mol. The van der Waals surface area contributed by atoms with Gasteiger partial charge in [-0.3, -0.25) is 4.90 Å². The Morgan fingerprint density at radius 2 is 1.95 bits per heavy atom. The minimum absolute atomic E-state index is 0.481. The molecule has 1 N–H and O–H groups in total. The van der Waals surface area contributed by atoms with Crippen LogP contribution in [0.15, 0.2) is 18.2 Å². The van der Waals surface area contributed by atoms with Crippen molar-refractivity contribution >= 4 is 0 Å². The molecule has 0 spiro atoms. The average molecular weight is 288 g/mol. The Bertz CT molecular complexity index is 447. The van der Waals surface area contributed by atoms with Crippen LogP contribution in [0.2, 0.25) is 0 Å². The van der Waals surface area contributed by atoms with Gasteiger partial charge in [-0.1, -0.05) is 30.2 Å². The molecule has 2 rings (SSSR count). The van der Waals surface area contributed by atoms with Crippen molar-refractivity contribution in [3.63, 3.8) is 0 Å². The molecule has 1 aliphatic heterocycles. The Labute approximate surface area is 130 Å². The minimum atomic E-state index is 0.481.